The Morgan fingerprint density at radius 1 is 1.28 bits per heavy atom. The van der Waals surface area contributed by atoms with Crippen molar-refractivity contribution in [2.75, 3.05) is 10.6 Å². The molecule has 2 rings (SSSR count). The Labute approximate surface area is 147 Å². The number of hydrogen-bond acceptors (Lipinski definition) is 4. The highest BCUT2D eigenvalue weighted by Gasteiger charge is 2.35. The minimum absolute atomic E-state index is 0.284. The smallest absolute Gasteiger partial charge is 0.340 e. The van der Waals surface area contributed by atoms with Crippen molar-refractivity contribution in [1.29, 1.82) is 0 Å². The third-order valence-electron chi connectivity index (χ3n) is 2.64. The molecule has 0 aliphatic heterocycles. The number of nitrogens with one attached hydrogen (secondary N) is 2. The van der Waals surface area contributed by atoms with Crippen LogP contribution < -0.4 is 10.6 Å². The zero-order valence-corrected chi connectivity index (χ0v) is 14.2. The van der Waals surface area contributed by atoms with Gasteiger partial charge in [0.05, 0.1) is 0 Å². The van der Waals surface area contributed by atoms with Crippen molar-refractivity contribution in [2.45, 2.75) is 20.0 Å². The van der Waals surface area contributed by atoms with Gasteiger partial charge in [0.2, 0.25) is 11.2 Å². The molecule has 0 spiro atoms. The number of nitrogens with zero attached hydrogens (tertiary/aromatic N) is 2. The van der Waals surface area contributed by atoms with E-state index in [9.17, 15) is 18.0 Å². The fourth-order valence-corrected chi connectivity index (χ4v) is 1.80. The fourth-order valence-electron chi connectivity index (χ4n) is 1.67. The number of alkyl halides is 3. The van der Waals surface area contributed by atoms with Crippen molar-refractivity contribution in [2.24, 2.45) is 0 Å². The lowest BCUT2D eigenvalue weighted by Gasteiger charge is -2.13. The van der Waals surface area contributed by atoms with E-state index in [4.69, 9.17) is 11.6 Å². The summed E-state index contributed by atoms with van der Waals surface area (Å²) in [6, 6.07) is 6.08. The molecule has 25 heavy (non-hydrogen) atoms. The summed E-state index contributed by atoms with van der Waals surface area (Å²) in [7, 11) is 0. The lowest BCUT2D eigenvalue weighted by Crippen LogP contribution is -2.11. The van der Waals surface area contributed by atoms with Crippen LogP contribution in [0.1, 0.15) is 19.4 Å². The first kappa shape index (κ1) is 20.4. The number of benzene rings is 1. The minimum atomic E-state index is -4.64. The van der Waals surface area contributed by atoms with E-state index >= 15 is 0 Å². The van der Waals surface area contributed by atoms with Crippen LogP contribution in [0, 0.1) is 0 Å². The molecule has 0 atom stereocenters. The summed E-state index contributed by atoms with van der Waals surface area (Å²) >= 11 is 5.55. The molecular weight excluding hydrogens is 357 g/mol. The average molecular weight is 373 g/mol. The second-order valence-electron chi connectivity index (χ2n) is 4.30. The van der Waals surface area contributed by atoms with Crippen LogP contribution in [0.15, 0.2) is 43.1 Å². The molecule has 0 radical (unpaired) electrons. The van der Waals surface area contributed by atoms with E-state index in [2.05, 4.69) is 27.2 Å². The van der Waals surface area contributed by atoms with E-state index in [1.807, 2.05) is 13.8 Å². The Bertz CT molecular complexity index is 750. The Morgan fingerprint density at radius 3 is 2.52 bits per heavy atom. The highest BCUT2D eigenvalue weighted by Crippen LogP contribution is 2.35. The molecule has 0 aliphatic rings. The van der Waals surface area contributed by atoms with E-state index in [0.717, 1.165) is 6.08 Å². The molecule has 1 amide bonds. The van der Waals surface area contributed by atoms with Gasteiger partial charge < -0.3 is 10.6 Å². The largest absolute Gasteiger partial charge is 0.421 e. The number of hydrogen-bond donors (Lipinski definition) is 2. The monoisotopic (exact) mass is 372 g/mol. The molecule has 2 aromatic rings. The molecule has 134 valence electrons. The van der Waals surface area contributed by atoms with Crippen LogP contribution in [-0.2, 0) is 11.0 Å². The van der Waals surface area contributed by atoms with E-state index in [1.165, 1.54) is 12.1 Å². The van der Waals surface area contributed by atoms with Crippen molar-refractivity contribution < 1.29 is 18.0 Å². The SMILES string of the molecule is C=CC(=O)Nc1cccc(Nc2nc(Cl)ncc2C(F)(F)F)c1.CC. The molecule has 0 bridgehead atoms. The summed E-state index contributed by atoms with van der Waals surface area (Å²) in [6.45, 7) is 7.31. The number of anilines is 3. The first-order chi connectivity index (χ1) is 11.8. The summed E-state index contributed by atoms with van der Waals surface area (Å²) < 4.78 is 38.8. The Hall–Kier alpha value is -2.61. The van der Waals surface area contributed by atoms with Crippen molar-refractivity contribution >= 4 is 34.7 Å². The lowest BCUT2D eigenvalue weighted by atomic mass is 10.2. The summed E-state index contributed by atoms with van der Waals surface area (Å²) in [6.07, 6.45) is -2.96. The highest BCUT2D eigenvalue weighted by atomic mass is 35.5. The molecule has 1 heterocycles. The van der Waals surface area contributed by atoms with Crippen molar-refractivity contribution in [1.82, 2.24) is 9.97 Å². The van der Waals surface area contributed by atoms with Crippen LogP contribution in [0.5, 0.6) is 0 Å². The molecule has 0 aliphatic carbocycles. The fraction of sp³-hybridized carbons (Fsp3) is 0.188. The van der Waals surface area contributed by atoms with Gasteiger partial charge in [-0.2, -0.15) is 18.2 Å². The number of carbonyl (C=O) groups is 1. The third kappa shape index (κ3) is 6.07. The van der Waals surface area contributed by atoms with Crippen LogP contribution in [-0.4, -0.2) is 15.9 Å². The van der Waals surface area contributed by atoms with Gasteiger partial charge in [-0.15, -0.1) is 0 Å². The first-order valence-corrected chi connectivity index (χ1v) is 7.57. The van der Waals surface area contributed by atoms with Gasteiger partial charge in [-0.05, 0) is 35.9 Å². The first-order valence-electron chi connectivity index (χ1n) is 7.20. The molecule has 0 unspecified atom stereocenters. The highest BCUT2D eigenvalue weighted by molar-refractivity contribution is 6.28. The summed E-state index contributed by atoms with van der Waals surface area (Å²) in [5, 5.41) is 4.69. The summed E-state index contributed by atoms with van der Waals surface area (Å²) in [4.78, 5) is 18.1. The number of carbonyl (C=O) groups excluding carboxylic acids is 1. The van der Waals surface area contributed by atoms with E-state index in [1.54, 1.807) is 12.1 Å². The van der Waals surface area contributed by atoms with Gasteiger partial charge in [0.25, 0.3) is 0 Å². The maximum atomic E-state index is 12.9. The van der Waals surface area contributed by atoms with Crippen LogP contribution in [0.2, 0.25) is 5.28 Å². The van der Waals surface area contributed by atoms with Crippen LogP contribution in [0.4, 0.5) is 30.4 Å². The Kier molecular flexibility index (Phi) is 7.38. The maximum absolute atomic E-state index is 12.9. The molecule has 1 aromatic carbocycles. The van der Waals surface area contributed by atoms with Crippen LogP contribution in [0.3, 0.4) is 0 Å². The molecule has 0 saturated carbocycles. The van der Waals surface area contributed by atoms with Gasteiger partial charge >= 0.3 is 6.18 Å². The quantitative estimate of drug-likeness (QED) is 0.582. The normalized spacial score (nSPS) is 10.3. The Balaban J connectivity index is 0.00000151. The summed E-state index contributed by atoms with van der Waals surface area (Å²) in [5.41, 5.74) is -0.386. The van der Waals surface area contributed by atoms with Gasteiger partial charge in [-0.1, -0.05) is 26.5 Å². The molecule has 0 saturated heterocycles. The van der Waals surface area contributed by atoms with Crippen molar-refractivity contribution in [3.05, 3.63) is 54.0 Å². The zero-order valence-electron chi connectivity index (χ0n) is 13.5. The molecule has 1 aromatic heterocycles. The van der Waals surface area contributed by atoms with Gasteiger partial charge in [-0.3, -0.25) is 4.79 Å². The molecule has 2 N–H and O–H groups in total. The predicted octanol–water partition coefficient (Wildman–Crippen LogP) is 5.04. The number of halogens is 4. The maximum Gasteiger partial charge on any atom is 0.421 e. The van der Waals surface area contributed by atoms with Crippen LogP contribution in [0.25, 0.3) is 0 Å². The van der Waals surface area contributed by atoms with Gasteiger partial charge in [0.15, 0.2) is 0 Å². The second kappa shape index (κ2) is 9.03. The average Bonchev–Trinajstić information content (AvgIpc) is 2.56. The van der Waals surface area contributed by atoms with E-state index in [0.29, 0.717) is 11.9 Å². The molecule has 5 nitrogen and oxygen atoms in total. The Morgan fingerprint density at radius 2 is 1.92 bits per heavy atom. The molecular formula is C16H16ClF3N4O. The van der Waals surface area contributed by atoms with Gasteiger partial charge in [-0.25, -0.2) is 4.98 Å². The molecule has 9 heteroatoms. The lowest BCUT2D eigenvalue weighted by molar-refractivity contribution is -0.137. The topological polar surface area (TPSA) is 66.9 Å². The minimum Gasteiger partial charge on any atom is -0.340 e. The number of rotatable bonds is 4. The summed E-state index contributed by atoms with van der Waals surface area (Å²) in [5.74, 6) is -0.923. The number of amides is 1. The van der Waals surface area contributed by atoms with Crippen LogP contribution >= 0.6 is 11.6 Å². The van der Waals surface area contributed by atoms with Crippen molar-refractivity contribution in [3.8, 4) is 0 Å². The second-order valence-corrected chi connectivity index (χ2v) is 4.64. The number of aromatic nitrogens is 2. The van der Waals surface area contributed by atoms with Crippen molar-refractivity contribution in [3.63, 3.8) is 0 Å². The standard InChI is InChI=1S/C14H10ClF3N4O.C2H6/c1-2-11(23)20-8-4-3-5-9(6-8)21-12-10(14(16,17)18)7-19-13(15)22-12;1-2/h2-7H,1H2,(H,20,23)(H,19,21,22);1-2H3. The third-order valence-corrected chi connectivity index (χ3v) is 2.83. The predicted molar refractivity (Wildman–Crippen MR) is 91.9 cm³/mol. The van der Waals surface area contributed by atoms with Gasteiger partial charge in [0.1, 0.15) is 11.4 Å². The van der Waals surface area contributed by atoms with E-state index in [-0.39, 0.29) is 11.0 Å². The van der Waals surface area contributed by atoms with Gasteiger partial charge in [0, 0.05) is 17.6 Å². The zero-order chi connectivity index (χ0) is 19.0. The molecule has 0 fully saturated rings. The van der Waals surface area contributed by atoms with E-state index < -0.39 is 23.5 Å².